The first-order valence-corrected chi connectivity index (χ1v) is 11.3. The fraction of sp³-hybridized carbons (Fsp3) is 0.652. The van der Waals surface area contributed by atoms with Crippen LogP contribution in [-0.2, 0) is 14.4 Å². The summed E-state index contributed by atoms with van der Waals surface area (Å²) in [6.45, 7) is 7.07. The van der Waals surface area contributed by atoms with Crippen LogP contribution < -0.4 is 4.90 Å². The SMILES string of the molecule is CCCCCC(=O)N1CC[NH+](CCN=CC2C(=O)CC(c3ccco3)CC2=O)CC1. The van der Waals surface area contributed by atoms with Gasteiger partial charge < -0.3 is 14.2 Å². The molecule has 1 aromatic heterocycles. The fourth-order valence-corrected chi connectivity index (χ4v) is 4.29. The van der Waals surface area contributed by atoms with Gasteiger partial charge in [0.1, 0.15) is 23.2 Å². The average Bonchev–Trinajstić information content (AvgIpc) is 3.28. The molecule has 0 spiro atoms. The monoisotopic (exact) mass is 416 g/mol. The number of amides is 1. The summed E-state index contributed by atoms with van der Waals surface area (Å²) in [4.78, 5) is 44.8. The van der Waals surface area contributed by atoms with Crippen molar-refractivity contribution in [2.24, 2.45) is 10.9 Å². The predicted molar refractivity (Wildman–Crippen MR) is 114 cm³/mol. The summed E-state index contributed by atoms with van der Waals surface area (Å²) in [6.07, 6.45) is 7.68. The van der Waals surface area contributed by atoms with E-state index >= 15 is 0 Å². The molecule has 0 aromatic carbocycles. The summed E-state index contributed by atoms with van der Waals surface area (Å²) in [5.74, 6) is -0.00172. The summed E-state index contributed by atoms with van der Waals surface area (Å²) in [7, 11) is 0. The van der Waals surface area contributed by atoms with Gasteiger partial charge in [-0.25, -0.2) is 0 Å². The Bertz CT molecular complexity index is 718. The number of nitrogens with zero attached hydrogens (tertiary/aromatic N) is 2. The number of nitrogens with one attached hydrogen (secondary N) is 1. The first-order valence-electron chi connectivity index (χ1n) is 11.3. The topological polar surface area (TPSA) is 84.4 Å². The van der Waals surface area contributed by atoms with E-state index in [2.05, 4.69) is 11.9 Å². The molecule has 0 radical (unpaired) electrons. The van der Waals surface area contributed by atoms with Gasteiger partial charge in [0.25, 0.3) is 0 Å². The van der Waals surface area contributed by atoms with Crippen molar-refractivity contribution in [2.45, 2.75) is 51.4 Å². The fourth-order valence-electron chi connectivity index (χ4n) is 4.29. The summed E-state index contributed by atoms with van der Waals surface area (Å²) in [5, 5.41) is 0. The highest BCUT2D eigenvalue weighted by molar-refractivity contribution is 6.16. The Hall–Kier alpha value is -2.28. The number of carbonyl (C=O) groups excluding carboxylic acids is 3. The van der Waals surface area contributed by atoms with E-state index in [1.807, 2.05) is 11.0 Å². The highest BCUT2D eigenvalue weighted by Gasteiger charge is 2.36. The standard InChI is InChI=1S/C23H33N3O4/c1-2-3-4-7-23(29)26-12-10-25(11-13-26)9-8-24-17-19-20(27)15-18(16-21(19)28)22-6-5-14-30-22/h5-6,14,17-19H,2-4,7-13,15-16H2,1H3/p+1. The summed E-state index contributed by atoms with van der Waals surface area (Å²) in [5.41, 5.74) is 0. The molecule has 2 aliphatic rings. The Balaban J connectivity index is 1.36. The third-order valence-electron chi connectivity index (χ3n) is 6.20. The van der Waals surface area contributed by atoms with Crippen molar-refractivity contribution < 1.29 is 23.7 Å². The molecule has 7 heteroatoms. The van der Waals surface area contributed by atoms with Gasteiger partial charge in [0.15, 0.2) is 0 Å². The molecule has 2 heterocycles. The van der Waals surface area contributed by atoms with Crippen LogP contribution in [0.1, 0.15) is 57.1 Å². The lowest BCUT2D eigenvalue weighted by Gasteiger charge is -2.32. The molecule has 1 aliphatic heterocycles. The molecule has 1 saturated carbocycles. The summed E-state index contributed by atoms with van der Waals surface area (Å²) in [6, 6.07) is 3.60. The number of hydrogen-bond donors (Lipinski definition) is 1. The first-order chi connectivity index (χ1) is 14.6. The van der Waals surface area contributed by atoms with Crippen molar-refractivity contribution in [3.63, 3.8) is 0 Å². The van der Waals surface area contributed by atoms with E-state index < -0.39 is 5.92 Å². The zero-order chi connectivity index (χ0) is 21.3. The average molecular weight is 417 g/mol. The maximum Gasteiger partial charge on any atom is 0.222 e. The number of Topliss-reactive ketones (excluding diaryl/α,β-unsaturated/α-hetero) is 2. The van der Waals surface area contributed by atoms with Crippen LogP contribution in [0.25, 0.3) is 0 Å². The summed E-state index contributed by atoms with van der Waals surface area (Å²) < 4.78 is 5.35. The normalized spacial score (nSPS) is 23.4. The maximum absolute atomic E-state index is 12.4. The number of furan rings is 1. The van der Waals surface area contributed by atoms with Crippen LogP contribution in [0.4, 0.5) is 0 Å². The van der Waals surface area contributed by atoms with E-state index in [-0.39, 0.29) is 23.4 Å². The number of unbranched alkanes of at least 4 members (excludes halogenated alkanes) is 2. The van der Waals surface area contributed by atoms with Crippen LogP contribution in [0.15, 0.2) is 27.8 Å². The zero-order valence-corrected chi connectivity index (χ0v) is 18.0. The lowest BCUT2D eigenvalue weighted by Crippen LogP contribution is -3.15. The van der Waals surface area contributed by atoms with Crippen LogP contribution in [0, 0.1) is 5.92 Å². The second-order valence-corrected chi connectivity index (χ2v) is 8.42. The van der Waals surface area contributed by atoms with E-state index in [1.54, 1.807) is 18.5 Å². The van der Waals surface area contributed by atoms with Gasteiger partial charge in [0.2, 0.25) is 5.91 Å². The molecule has 3 rings (SSSR count). The summed E-state index contributed by atoms with van der Waals surface area (Å²) >= 11 is 0. The molecule has 7 nitrogen and oxygen atoms in total. The lowest BCUT2D eigenvalue weighted by molar-refractivity contribution is -0.902. The highest BCUT2D eigenvalue weighted by atomic mass is 16.3. The van der Waals surface area contributed by atoms with Crippen molar-refractivity contribution >= 4 is 23.7 Å². The third kappa shape index (κ3) is 6.11. The van der Waals surface area contributed by atoms with Gasteiger partial charge in [-0.2, -0.15) is 0 Å². The second-order valence-electron chi connectivity index (χ2n) is 8.42. The number of quaternary nitrogens is 1. The number of carbonyl (C=O) groups is 3. The zero-order valence-electron chi connectivity index (χ0n) is 18.0. The van der Waals surface area contributed by atoms with Crippen molar-refractivity contribution in [1.82, 2.24) is 4.90 Å². The Morgan fingerprint density at radius 3 is 2.60 bits per heavy atom. The van der Waals surface area contributed by atoms with Gasteiger partial charge in [-0.05, 0) is 18.6 Å². The van der Waals surface area contributed by atoms with Gasteiger partial charge in [0.05, 0.1) is 45.5 Å². The van der Waals surface area contributed by atoms with Gasteiger partial charge in [-0.15, -0.1) is 0 Å². The van der Waals surface area contributed by atoms with E-state index in [4.69, 9.17) is 4.42 Å². The smallest absolute Gasteiger partial charge is 0.222 e. The molecule has 164 valence electrons. The quantitative estimate of drug-likeness (QED) is 0.374. The van der Waals surface area contributed by atoms with Crippen molar-refractivity contribution in [3.05, 3.63) is 24.2 Å². The maximum atomic E-state index is 12.4. The van der Waals surface area contributed by atoms with E-state index in [0.717, 1.165) is 52.0 Å². The molecule has 1 saturated heterocycles. The molecule has 0 bridgehead atoms. The van der Waals surface area contributed by atoms with Crippen LogP contribution in [0.2, 0.25) is 0 Å². The highest BCUT2D eigenvalue weighted by Crippen LogP contribution is 2.31. The molecule has 0 unspecified atom stereocenters. The number of rotatable bonds is 9. The second kappa shape index (κ2) is 11.2. The molecular formula is C23H34N3O4+. The molecule has 1 aromatic rings. The van der Waals surface area contributed by atoms with Gasteiger partial charge in [-0.1, -0.05) is 19.8 Å². The molecule has 1 aliphatic carbocycles. The number of piperazine rings is 1. The van der Waals surface area contributed by atoms with Crippen LogP contribution >= 0.6 is 0 Å². The van der Waals surface area contributed by atoms with Gasteiger partial charge in [0, 0.05) is 31.4 Å². The van der Waals surface area contributed by atoms with E-state index in [0.29, 0.717) is 31.6 Å². The van der Waals surface area contributed by atoms with Crippen LogP contribution in [0.5, 0.6) is 0 Å². The Morgan fingerprint density at radius 2 is 1.97 bits per heavy atom. The van der Waals surface area contributed by atoms with E-state index in [9.17, 15) is 14.4 Å². The van der Waals surface area contributed by atoms with Crippen molar-refractivity contribution in [1.29, 1.82) is 0 Å². The molecular weight excluding hydrogens is 382 g/mol. The minimum Gasteiger partial charge on any atom is -0.469 e. The Labute approximate surface area is 178 Å². The Morgan fingerprint density at radius 1 is 1.23 bits per heavy atom. The predicted octanol–water partition coefficient (Wildman–Crippen LogP) is 1.29. The van der Waals surface area contributed by atoms with Crippen LogP contribution in [-0.4, -0.2) is 67.9 Å². The minimum atomic E-state index is -0.705. The van der Waals surface area contributed by atoms with Gasteiger partial charge in [-0.3, -0.25) is 19.4 Å². The molecule has 1 N–H and O–H groups in total. The number of aliphatic imine (C=N–C) groups is 1. The Kier molecular flexibility index (Phi) is 8.37. The van der Waals surface area contributed by atoms with Gasteiger partial charge >= 0.3 is 0 Å². The first kappa shape index (κ1) is 22.4. The van der Waals surface area contributed by atoms with Crippen molar-refractivity contribution in [2.75, 3.05) is 39.3 Å². The molecule has 30 heavy (non-hydrogen) atoms. The third-order valence-corrected chi connectivity index (χ3v) is 6.20. The van der Waals surface area contributed by atoms with E-state index in [1.165, 1.54) is 4.90 Å². The molecule has 1 amide bonds. The lowest BCUT2D eigenvalue weighted by atomic mass is 9.79. The number of hydrogen-bond acceptors (Lipinski definition) is 5. The largest absolute Gasteiger partial charge is 0.469 e. The number of ketones is 2. The van der Waals surface area contributed by atoms with Crippen LogP contribution in [0.3, 0.4) is 0 Å². The minimum absolute atomic E-state index is 0.0704. The van der Waals surface area contributed by atoms with Crippen molar-refractivity contribution in [3.8, 4) is 0 Å². The molecule has 2 fully saturated rings. The molecule has 0 atom stereocenters.